The van der Waals surface area contributed by atoms with Crippen molar-refractivity contribution < 1.29 is 4.74 Å². The highest BCUT2D eigenvalue weighted by Gasteiger charge is 2.18. The van der Waals surface area contributed by atoms with Gasteiger partial charge in [0.1, 0.15) is 11.3 Å². The number of ether oxygens (including phenoxy) is 1. The first-order chi connectivity index (χ1) is 7.89. The molecule has 0 saturated heterocycles. The Morgan fingerprint density at radius 1 is 1.35 bits per heavy atom. The normalized spacial score (nSPS) is 11.1. The van der Waals surface area contributed by atoms with Crippen LogP contribution in [0.2, 0.25) is 0 Å². The topological polar surface area (TPSA) is 45.0 Å². The average Bonchev–Trinajstić information content (AvgIpc) is 2.29. The van der Waals surface area contributed by atoms with Crippen molar-refractivity contribution in [3.8, 4) is 11.8 Å². The molecule has 3 heteroatoms. The van der Waals surface area contributed by atoms with Crippen LogP contribution >= 0.6 is 0 Å². The maximum absolute atomic E-state index is 9.01. The highest BCUT2D eigenvalue weighted by atomic mass is 16.5. The Kier molecular flexibility index (Phi) is 4.01. The minimum absolute atomic E-state index is 0.460. The van der Waals surface area contributed by atoms with E-state index in [9.17, 15) is 0 Å². The van der Waals surface area contributed by atoms with Gasteiger partial charge in [0.2, 0.25) is 0 Å². The fraction of sp³-hybridized carbons (Fsp3) is 0.500. The van der Waals surface area contributed by atoms with Gasteiger partial charge < -0.3 is 10.1 Å². The molecule has 0 aliphatic carbocycles. The number of rotatable bonds is 4. The lowest BCUT2D eigenvalue weighted by Crippen LogP contribution is -2.28. The van der Waals surface area contributed by atoms with E-state index >= 15 is 0 Å². The molecule has 3 nitrogen and oxygen atoms in total. The van der Waals surface area contributed by atoms with Gasteiger partial charge in [0.05, 0.1) is 18.9 Å². The van der Waals surface area contributed by atoms with E-state index in [4.69, 9.17) is 10.00 Å². The molecule has 0 bridgehead atoms. The molecule has 0 atom stereocenters. The summed E-state index contributed by atoms with van der Waals surface area (Å²) in [6.45, 7) is 7.95. The lowest BCUT2D eigenvalue weighted by molar-refractivity contribution is 0.415. The van der Waals surface area contributed by atoms with E-state index in [1.807, 2.05) is 26.0 Å². The van der Waals surface area contributed by atoms with Gasteiger partial charge in [-0.1, -0.05) is 19.9 Å². The molecule has 0 radical (unpaired) electrons. The standard InChI is InChI=1S/C14H20N2O/c1-10(2)11-6-7-12(13(8-11)17-5)16-14(3,4)9-15/h6-8,10,16H,1-5H3. The maximum atomic E-state index is 9.01. The van der Waals surface area contributed by atoms with Crippen molar-refractivity contribution >= 4 is 5.69 Å². The van der Waals surface area contributed by atoms with Crippen LogP contribution in [0.3, 0.4) is 0 Å². The number of anilines is 1. The van der Waals surface area contributed by atoms with Crippen LogP contribution in [-0.2, 0) is 0 Å². The van der Waals surface area contributed by atoms with E-state index in [0.29, 0.717) is 5.92 Å². The third-order valence-electron chi connectivity index (χ3n) is 2.62. The molecule has 0 amide bonds. The van der Waals surface area contributed by atoms with Gasteiger partial charge >= 0.3 is 0 Å². The first-order valence-corrected chi connectivity index (χ1v) is 5.77. The highest BCUT2D eigenvalue weighted by molar-refractivity contribution is 5.60. The smallest absolute Gasteiger partial charge is 0.142 e. The van der Waals surface area contributed by atoms with Crippen molar-refractivity contribution in [1.29, 1.82) is 5.26 Å². The van der Waals surface area contributed by atoms with E-state index in [1.165, 1.54) is 5.56 Å². The van der Waals surface area contributed by atoms with Crippen molar-refractivity contribution in [2.24, 2.45) is 0 Å². The van der Waals surface area contributed by atoms with Crippen LogP contribution in [0.1, 0.15) is 39.2 Å². The molecule has 92 valence electrons. The van der Waals surface area contributed by atoms with Crippen LogP contribution in [0.25, 0.3) is 0 Å². The van der Waals surface area contributed by atoms with Crippen molar-refractivity contribution in [3.63, 3.8) is 0 Å². The number of hydrogen-bond donors (Lipinski definition) is 1. The second kappa shape index (κ2) is 5.09. The number of nitriles is 1. The molecule has 0 unspecified atom stereocenters. The lowest BCUT2D eigenvalue weighted by atomic mass is 10.0. The van der Waals surface area contributed by atoms with Gasteiger partial charge in [-0.05, 0) is 37.5 Å². The number of nitrogens with one attached hydrogen (secondary N) is 1. The van der Waals surface area contributed by atoms with E-state index < -0.39 is 5.54 Å². The molecule has 0 saturated carbocycles. The van der Waals surface area contributed by atoms with Gasteiger partial charge in [-0.25, -0.2) is 0 Å². The molecule has 1 aromatic carbocycles. The van der Waals surface area contributed by atoms with E-state index in [-0.39, 0.29) is 0 Å². The molecular weight excluding hydrogens is 212 g/mol. The third kappa shape index (κ3) is 3.39. The quantitative estimate of drug-likeness (QED) is 0.863. The number of methoxy groups -OCH3 is 1. The average molecular weight is 232 g/mol. The number of hydrogen-bond acceptors (Lipinski definition) is 3. The second-order valence-corrected chi connectivity index (χ2v) is 4.98. The fourth-order valence-electron chi connectivity index (χ4n) is 1.53. The minimum Gasteiger partial charge on any atom is -0.495 e. The molecule has 17 heavy (non-hydrogen) atoms. The Morgan fingerprint density at radius 2 is 2.00 bits per heavy atom. The first kappa shape index (κ1) is 13.4. The summed E-state index contributed by atoms with van der Waals surface area (Å²) in [6, 6.07) is 8.25. The van der Waals surface area contributed by atoms with Gasteiger partial charge in [-0.2, -0.15) is 5.26 Å². The van der Waals surface area contributed by atoms with E-state index in [1.54, 1.807) is 7.11 Å². The molecule has 0 spiro atoms. The summed E-state index contributed by atoms with van der Waals surface area (Å²) in [5, 5.41) is 12.2. The van der Waals surface area contributed by atoms with Crippen molar-refractivity contribution in [2.75, 3.05) is 12.4 Å². The molecule has 0 aromatic heterocycles. The molecule has 1 N–H and O–H groups in total. The SMILES string of the molecule is COc1cc(C(C)C)ccc1NC(C)(C)C#N. The molecule has 0 aliphatic rings. The number of nitrogens with zero attached hydrogens (tertiary/aromatic N) is 1. The predicted molar refractivity (Wildman–Crippen MR) is 70.4 cm³/mol. The second-order valence-electron chi connectivity index (χ2n) is 4.98. The Labute approximate surface area is 103 Å². The molecule has 0 aliphatic heterocycles. The monoisotopic (exact) mass is 232 g/mol. The Hall–Kier alpha value is -1.69. The zero-order chi connectivity index (χ0) is 13.1. The van der Waals surface area contributed by atoms with Crippen molar-refractivity contribution in [1.82, 2.24) is 0 Å². The van der Waals surface area contributed by atoms with Crippen molar-refractivity contribution in [3.05, 3.63) is 23.8 Å². The Balaban J connectivity index is 3.06. The predicted octanol–water partition coefficient (Wildman–Crippen LogP) is 3.53. The summed E-state index contributed by atoms with van der Waals surface area (Å²) in [5.41, 5.74) is 1.47. The summed E-state index contributed by atoms with van der Waals surface area (Å²) in [6.07, 6.45) is 0. The minimum atomic E-state index is -0.605. The van der Waals surface area contributed by atoms with Gasteiger partial charge in [-0.3, -0.25) is 0 Å². The van der Waals surface area contributed by atoms with Gasteiger partial charge in [0.15, 0.2) is 0 Å². The van der Waals surface area contributed by atoms with E-state index in [0.717, 1.165) is 11.4 Å². The molecule has 0 fully saturated rings. The van der Waals surface area contributed by atoms with Crippen LogP contribution < -0.4 is 10.1 Å². The van der Waals surface area contributed by atoms with Crippen LogP contribution in [0.15, 0.2) is 18.2 Å². The summed E-state index contributed by atoms with van der Waals surface area (Å²) < 4.78 is 5.35. The van der Waals surface area contributed by atoms with Crippen LogP contribution in [0.4, 0.5) is 5.69 Å². The maximum Gasteiger partial charge on any atom is 0.142 e. The van der Waals surface area contributed by atoms with Crippen molar-refractivity contribution in [2.45, 2.75) is 39.2 Å². The first-order valence-electron chi connectivity index (χ1n) is 5.77. The zero-order valence-electron chi connectivity index (χ0n) is 11.2. The molecular formula is C14H20N2O. The van der Waals surface area contributed by atoms with Crippen LogP contribution in [0.5, 0.6) is 5.75 Å². The molecule has 1 aromatic rings. The summed E-state index contributed by atoms with van der Waals surface area (Å²) in [4.78, 5) is 0. The van der Waals surface area contributed by atoms with Crippen LogP contribution in [0, 0.1) is 11.3 Å². The molecule has 0 heterocycles. The third-order valence-corrected chi connectivity index (χ3v) is 2.62. The lowest BCUT2D eigenvalue weighted by Gasteiger charge is -2.21. The summed E-state index contributed by atoms with van der Waals surface area (Å²) >= 11 is 0. The molecule has 1 rings (SSSR count). The van der Waals surface area contributed by atoms with Gasteiger partial charge in [0.25, 0.3) is 0 Å². The Morgan fingerprint density at radius 3 is 2.47 bits per heavy atom. The largest absolute Gasteiger partial charge is 0.495 e. The van der Waals surface area contributed by atoms with E-state index in [2.05, 4.69) is 31.3 Å². The van der Waals surface area contributed by atoms with Gasteiger partial charge in [-0.15, -0.1) is 0 Å². The zero-order valence-corrected chi connectivity index (χ0v) is 11.2. The Bertz CT molecular complexity index is 430. The fourth-order valence-corrected chi connectivity index (χ4v) is 1.53. The van der Waals surface area contributed by atoms with Gasteiger partial charge in [0, 0.05) is 0 Å². The summed E-state index contributed by atoms with van der Waals surface area (Å²) in [7, 11) is 1.64. The summed E-state index contributed by atoms with van der Waals surface area (Å²) in [5.74, 6) is 1.24. The number of benzene rings is 1. The van der Waals surface area contributed by atoms with Crippen LogP contribution in [-0.4, -0.2) is 12.6 Å². The highest BCUT2D eigenvalue weighted by Crippen LogP contribution is 2.30.